The lowest BCUT2D eigenvalue weighted by atomic mass is 10.2. The van der Waals surface area contributed by atoms with Gasteiger partial charge in [-0.25, -0.2) is 4.68 Å². The number of aromatic hydroxyl groups is 1. The van der Waals surface area contributed by atoms with Crippen molar-refractivity contribution in [2.24, 2.45) is 0 Å². The molecular formula is C17H16N4O3S. The van der Waals surface area contributed by atoms with E-state index in [0.717, 1.165) is 22.0 Å². The zero-order valence-corrected chi connectivity index (χ0v) is 14.4. The Morgan fingerprint density at radius 1 is 1.08 bits per heavy atom. The lowest BCUT2D eigenvalue weighted by Gasteiger charge is -2.14. The molecule has 2 heterocycles. The molecule has 128 valence electrons. The molecule has 7 nitrogen and oxygen atoms in total. The van der Waals surface area contributed by atoms with E-state index >= 15 is 0 Å². The quantitative estimate of drug-likeness (QED) is 0.743. The molecule has 1 aliphatic rings. The van der Waals surface area contributed by atoms with Crippen LogP contribution in [-0.4, -0.2) is 34.2 Å². The van der Waals surface area contributed by atoms with E-state index in [1.807, 2.05) is 41.1 Å². The number of aromatic nitrogens is 3. The van der Waals surface area contributed by atoms with Crippen LogP contribution in [0.4, 0.5) is 0 Å². The van der Waals surface area contributed by atoms with E-state index in [-0.39, 0.29) is 11.1 Å². The van der Waals surface area contributed by atoms with Crippen LogP contribution >= 0.6 is 11.8 Å². The molecule has 0 saturated heterocycles. The molecule has 0 aliphatic carbocycles. The maximum atomic E-state index is 9.77. The Kier molecular flexibility index (Phi) is 3.89. The Hall–Kier alpha value is -2.87. The summed E-state index contributed by atoms with van der Waals surface area (Å²) >= 11 is 1.54. The molecule has 0 amide bonds. The van der Waals surface area contributed by atoms with E-state index in [2.05, 4.69) is 15.6 Å². The van der Waals surface area contributed by atoms with E-state index in [1.54, 1.807) is 24.9 Å². The topological polar surface area (TPSA) is 81.4 Å². The number of thioether (sulfide) groups is 1. The molecule has 1 aromatic heterocycles. The highest BCUT2D eigenvalue weighted by atomic mass is 32.2. The molecular weight excluding hydrogens is 340 g/mol. The van der Waals surface area contributed by atoms with Crippen molar-refractivity contribution in [2.45, 2.75) is 10.5 Å². The fraction of sp³-hybridized carbons (Fsp3) is 0.176. The summed E-state index contributed by atoms with van der Waals surface area (Å²) in [6.45, 7) is 0. The van der Waals surface area contributed by atoms with E-state index in [9.17, 15) is 5.11 Å². The summed E-state index contributed by atoms with van der Waals surface area (Å²) in [5, 5.41) is 19.0. The van der Waals surface area contributed by atoms with Gasteiger partial charge in [0.2, 0.25) is 5.16 Å². The standard InChI is InChI=1S/C17H16N4O3S/c1-23-13-6-4-3-5-11(13)15-18-19-17-21(15)20-16(25-17)10-7-8-12(22)14(9-10)24-2/h3-9,16,20,22H,1-2H3/t16-/m1/s1. The largest absolute Gasteiger partial charge is 0.504 e. The monoisotopic (exact) mass is 356 g/mol. The van der Waals surface area contributed by atoms with Gasteiger partial charge in [0.25, 0.3) is 0 Å². The predicted molar refractivity (Wildman–Crippen MR) is 94.6 cm³/mol. The number of para-hydroxylation sites is 1. The maximum absolute atomic E-state index is 9.77. The SMILES string of the molecule is COc1cc([C@@H]2Nn3c(nnc3-c3ccccc3OC)S2)ccc1O. The molecule has 0 bridgehead atoms. The molecule has 1 aliphatic heterocycles. The predicted octanol–water partition coefficient (Wildman–Crippen LogP) is 3.02. The third-order valence-electron chi connectivity index (χ3n) is 3.96. The number of phenols is 1. The van der Waals surface area contributed by atoms with E-state index in [0.29, 0.717) is 11.6 Å². The summed E-state index contributed by atoms with van der Waals surface area (Å²) in [5.41, 5.74) is 5.21. The highest BCUT2D eigenvalue weighted by Crippen LogP contribution is 2.43. The lowest BCUT2D eigenvalue weighted by Crippen LogP contribution is -2.14. The first kappa shape index (κ1) is 15.6. The van der Waals surface area contributed by atoms with Gasteiger partial charge in [-0.15, -0.1) is 10.2 Å². The molecule has 0 spiro atoms. The highest BCUT2D eigenvalue weighted by Gasteiger charge is 2.29. The molecule has 1 atom stereocenters. The molecule has 0 saturated carbocycles. The van der Waals surface area contributed by atoms with Gasteiger partial charge in [-0.1, -0.05) is 30.0 Å². The number of hydrogen-bond donors (Lipinski definition) is 2. The van der Waals surface area contributed by atoms with Crippen molar-refractivity contribution in [3.63, 3.8) is 0 Å². The van der Waals surface area contributed by atoms with E-state index < -0.39 is 0 Å². The summed E-state index contributed by atoms with van der Waals surface area (Å²) in [7, 11) is 3.16. The van der Waals surface area contributed by atoms with Gasteiger partial charge in [0.15, 0.2) is 17.3 Å². The maximum Gasteiger partial charge on any atom is 0.212 e. The average molecular weight is 356 g/mol. The minimum atomic E-state index is -0.0616. The van der Waals surface area contributed by atoms with E-state index in [1.165, 1.54) is 7.11 Å². The van der Waals surface area contributed by atoms with E-state index in [4.69, 9.17) is 9.47 Å². The molecule has 2 N–H and O–H groups in total. The van der Waals surface area contributed by atoms with Gasteiger partial charge in [-0.3, -0.25) is 0 Å². The molecule has 4 rings (SSSR count). The van der Waals surface area contributed by atoms with Crippen LogP contribution in [0.25, 0.3) is 11.4 Å². The van der Waals surface area contributed by atoms with Crippen LogP contribution in [0.1, 0.15) is 10.9 Å². The zero-order valence-electron chi connectivity index (χ0n) is 13.6. The Labute approximate surface area is 148 Å². The fourth-order valence-corrected chi connectivity index (χ4v) is 3.70. The number of fused-ring (bicyclic) bond motifs is 1. The first-order valence-electron chi connectivity index (χ1n) is 7.60. The van der Waals surface area contributed by atoms with Gasteiger partial charge in [0, 0.05) is 0 Å². The number of phenolic OH excluding ortho intramolecular Hbond substituents is 1. The van der Waals surface area contributed by atoms with Crippen molar-refractivity contribution in [3.05, 3.63) is 48.0 Å². The van der Waals surface area contributed by atoms with Crippen LogP contribution in [0, 0.1) is 0 Å². The second-order valence-corrected chi connectivity index (χ2v) is 6.47. The van der Waals surface area contributed by atoms with Gasteiger partial charge in [0.1, 0.15) is 11.1 Å². The number of ether oxygens (including phenoxy) is 2. The third kappa shape index (κ3) is 2.64. The number of methoxy groups -OCH3 is 2. The van der Waals surface area contributed by atoms with Crippen LogP contribution in [0.3, 0.4) is 0 Å². The van der Waals surface area contributed by atoms with Crippen LogP contribution < -0.4 is 14.9 Å². The number of benzene rings is 2. The van der Waals surface area contributed by atoms with Crippen molar-refractivity contribution < 1.29 is 14.6 Å². The Morgan fingerprint density at radius 2 is 1.88 bits per heavy atom. The number of nitrogens with zero attached hydrogens (tertiary/aromatic N) is 3. The van der Waals surface area contributed by atoms with Crippen molar-refractivity contribution >= 4 is 11.8 Å². The van der Waals surface area contributed by atoms with Crippen molar-refractivity contribution in [1.29, 1.82) is 0 Å². The first-order valence-corrected chi connectivity index (χ1v) is 8.48. The molecule has 0 radical (unpaired) electrons. The normalized spacial score (nSPS) is 15.5. The van der Waals surface area contributed by atoms with Crippen molar-refractivity contribution in [1.82, 2.24) is 14.9 Å². The molecule has 3 aromatic rings. The average Bonchev–Trinajstić information content (AvgIpc) is 3.23. The summed E-state index contributed by atoms with van der Waals surface area (Å²) in [6.07, 6.45) is 0. The molecule has 0 fully saturated rings. The summed E-state index contributed by atoms with van der Waals surface area (Å²) in [5.74, 6) is 1.98. The summed E-state index contributed by atoms with van der Waals surface area (Å²) < 4.78 is 12.5. The number of rotatable bonds is 4. The van der Waals surface area contributed by atoms with Crippen molar-refractivity contribution in [2.75, 3.05) is 19.6 Å². The first-order chi connectivity index (χ1) is 12.2. The molecule has 8 heteroatoms. The third-order valence-corrected chi connectivity index (χ3v) is 5.05. The Balaban J connectivity index is 1.67. The molecule has 2 aromatic carbocycles. The van der Waals surface area contributed by atoms with Gasteiger partial charge in [-0.05, 0) is 29.8 Å². The number of hydrogen-bond acceptors (Lipinski definition) is 7. The fourth-order valence-electron chi connectivity index (χ4n) is 2.72. The minimum absolute atomic E-state index is 0.0616. The minimum Gasteiger partial charge on any atom is -0.504 e. The lowest BCUT2D eigenvalue weighted by molar-refractivity contribution is 0.373. The van der Waals surface area contributed by atoms with Gasteiger partial charge in [0.05, 0.1) is 19.8 Å². The second kappa shape index (κ2) is 6.21. The van der Waals surface area contributed by atoms with Gasteiger partial charge in [-0.2, -0.15) is 0 Å². The van der Waals surface area contributed by atoms with Gasteiger partial charge < -0.3 is 20.0 Å². The summed E-state index contributed by atoms with van der Waals surface area (Å²) in [6, 6.07) is 13.0. The smallest absolute Gasteiger partial charge is 0.212 e. The summed E-state index contributed by atoms with van der Waals surface area (Å²) in [4.78, 5) is 0. The number of nitrogens with one attached hydrogen (secondary N) is 1. The van der Waals surface area contributed by atoms with Crippen molar-refractivity contribution in [3.8, 4) is 28.6 Å². The highest BCUT2D eigenvalue weighted by molar-refractivity contribution is 7.99. The van der Waals surface area contributed by atoms with Gasteiger partial charge >= 0.3 is 0 Å². The molecule has 25 heavy (non-hydrogen) atoms. The zero-order chi connectivity index (χ0) is 17.4. The van der Waals surface area contributed by atoms with Crippen LogP contribution in [0.15, 0.2) is 47.6 Å². The Bertz CT molecular complexity index is 928. The molecule has 0 unspecified atom stereocenters. The second-order valence-electron chi connectivity index (χ2n) is 5.40. The van der Waals surface area contributed by atoms with Crippen LogP contribution in [0.2, 0.25) is 0 Å². The van der Waals surface area contributed by atoms with Crippen LogP contribution in [-0.2, 0) is 0 Å². The van der Waals surface area contributed by atoms with Crippen LogP contribution in [0.5, 0.6) is 17.2 Å². The Morgan fingerprint density at radius 3 is 2.68 bits per heavy atom.